The molecule has 1 aliphatic carbocycles. The number of piperazine rings is 1. The van der Waals surface area contributed by atoms with E-state index < -0.39 is 14.9 Å². The first-order valence-electron chi connectivity index (χ1n) is 21.6. The number of rotatable bonds is 16. The Morgan fingerprint density at radius 1 is 0.921 bits per heavy atom. The zero-order valence-corrected chi connectivity index (χ0v) is 38.2. The number of aromatic nitrogens is 2. The Morgan fingerprint density at radius 3 is 2.43 bits per heavy atom. The minimum Gasteiger partial charge on any atom is -0.379 e. The molecule has 2 N–H and O–H groups in total. The van der Waals surface area contributed by atoms with E-state index in [1.165, 1.54) is 35.2 Å². The molecule has 3 aliphatic rings. The number of ether oxygens (including phenoxy) is 1. The molecule has 0 bridgehead atoms. The van der Waals surface area contributed by atoms with E-state index in [1.54, 1.807) is 11.8 Å². The summed E-state index contributed by atoms with van der Waals surface area (Å²) < 4.78 is 35.9. The number of halogens is 1. The van der Waals surface area contributed by atoms with Crippen molar-refractivity contribution >= 4 is 72.7 Å². The standard InChI is InChI=1S/C47H55ClN8O5S2/c1-47(2)18-16-41(34-8-10-36(48)11-9-34)35(30-47)31-54-20-22-55(23-21-54)38-12-14-42-44(28-38)49-33-50-46(42)52-63(59,60)40-13-15-43(45(29-40)56(57)58)51-37(17-19-53-24-26-61-27-25-53)32-62-39-6-4-3-5-7-39/h3-15,28-29,33,37,51H,16-27,30-32H2,1-2H3,(H,49,50,52). The molecule has 63 heavy (non-hydrogen) atoms. The Morgan fingerprint density at radius 2 is 1.68 bits per heavy atom. The topological polar surface area (TPSA) is 146 Å². The normalized spacial score (nSPS) is 18.0. The van der Waals surface area contributed by atoms with Gasteiger partial charge in [-0.1, -0.05) is 61.4 Å². The lowest BCUT2D eigenvalue weighted by atomic mass is 9.73. The fourth-order valence-electron chi connectivity index (χ4n) is 8.75. The molecule has 3 heterocycles. The van der Waals surface area contributed by atoms with E-state index >= 15 is 0 Å². The molecule has 2 fully saturated rings. The number of hydrogen-bond donors (Lipinski definition) is 2. The Labute approximate surface area is 379 Å². The van der Waals surface area contributed by atoms with Gasteiger partial charge in [0.25, 0.3) is 15.7 Å². The highest BCUT2D eigenvalue weighted by Crippen LogP contribution is 2.43. The molecule has 332 valence electrons. The summed E-state index contributed by atoms with van der Waals surface area (Å²) in [4.78, 5) is 28.8. The van der Waals surface area contributed by atoms with E-state index in [2.05, 4.69) is 60.7 Å². The minimum absolute atomic E-state index is 0.0995. The third-order valence-corrected chi connectivity index (χ3v) is 15.1. The molecular formula is C47H55ClN8O5S2. The molecule has 1 atom stereocenters. The van der Waals surface area contributed by atoms with Crippen LogP contribution in [0, 0.1) is 15.5 Å². The van der Waals surface area contributed by atoms with Crippen molar-refractivity contribution in [2.75, 3.05) is 86.3 Å². The van der Waals surface area contributed by atoms with Gasteiger partial charge in [0.1, 0.15) is 12.0 Å². The van der Waals surface area contributed by atoms with Gasteiger partial charge in [0, 0.05) is 91.2 Å². The molecule has 0 amide bonds. The van der Waals surface area contributed by atoms with Crippen molar-refractivity contribution in [3.05, 3.63) is 124 Å². The number of morpholine rings is 1. The second-order valence-corrected chi connectivity index (χ2v) is 20.6. The summed E-state index contributed by atoms with van der Waals surface area (Å²) in [6.45, 7) is 13.0. The maximum Gasteiger partial charge on any atom is 0.293 e. The number of nitrogens with one attached hydrogen (secondary N) is 2. The summed E-state index contributed by atoms with van der Waals surface area (Å²) in [5, 5.41) is 17.1. The van der Waals surface area contributed by atoms with Gasteiger partial charge in [-0.15, -0.1) is 11.8 Å². The van der Waals surface area contributed by atoms with Gasteiger partial charge in [-0.2, -0.15) is 0 Å². The van der Waals surface area contributed by atoms with Crippen molar-refractivity contribution in [2.24, 2.45) is 5.41 Å². The molecule has 5 aromatic rings. The number of thioether (sulfide) groups is 1. The maximum atomic E-state index is 13.9. The van der Waals surface area contributed by atoms with Crippen LogP contribution in [-0.2, 0) is 14.8 Å². The first kappa shape index (κ1) is 44.8. The summed E-state index contributed by atoms with van der Waals surface area (Å²) in [5.74, 6) is 0.762. The lowest BCUT2D eigenvalue weighted by Gasteiger charge is -2.39. The average molecular weight is 912 g/mol. The van der Waals surface area contributed by atoms with Crippen molar-refractivity contribution in [2.45, 2.75) is 55.4 Å². The molecule has 4 aromatic carbocycles. The lowest BCUT2D eigenvalue weighted by molar-refractivity contribution is -0.384. The SMILES string of the molecule is CC1(C)CCC(c2ccc(Cl)cc2)=C(CN2CCN(c3ccc4c(NS(=O)(=O)c5ccc(NC(CCN6CCOCC6)CSc6ccccc6)c([N+](=O)[O-])c5)ncnc4c3)CC2)C1. The summed E-state index contributed by atoms with van der Waals surface area (Å²) in [7, 11) is -4.28. The van der Waals surface area contributed by atoms with E-state index in [0.717, 1.165) is 99.7 Å². The molecule has 0 radical (unpaired) electrons. The Bertz CT molecular complexity index is 2530. The van der Waals surface area contributed by atoms with Crippen LogP contribution >= 0.6 is 23.4 Å². The van der Waals surface area contributed by atoms with Gasteiger partial charge < -0.3 is 15.0 Å². The largest absolute Gasteiger partial charge is 0.379 e. The third-order valence-electron chi connectivity index (χ3n) is 12.3. The van der Waals surface area contributed by atoms with Crippen LogP contribution in [0.5, 0.6) is 0 Å². The lowest BCUT2D eigenvalue weighted by Crippen LogP contribution is -2.47. The molecular weight excluding hydrogens is 856 g/mol. The molecule has 2 aliphatic heterocycles. The van der Waals surface area contributed by atoms with Crippen LogP contribution in [0.4, 0.5) is 22.9 Å². The summed E-state index contributed by atoms with van der Waals surface area (Å²) >= 11 is 7.89. The van der Waals surface area contributed by atoms with Crippen LogP contribution in [-0.4, -0.2) is 110 Å². The second-order valence-electron chi connectivity index (χ2n) is 17.4. The maximum absolute atomic E-state index is 13.9. The van der Waals surface area contributed by atoms with Crippen LogP contribution in [0.15, 0.2) is 113 Å². The highest BCUT2D eigenvalue weighted by atomic mass is 35.5. The highest BCUT2D eigenvalue weighted by Gasteiger charge is 2.30. The minimum atomic E-state index is -4.28. The van der Waals surface area contributed by atoms with Crippen LogP contribution < -0.4 is 14.9 Å². The Balaban J connectivity index is 0.936. The van der Waals surface area contributed by atoms with Gasteiger partial charge in [-0.3, -0.25) is 24.6 Å². The number of sulfonamides is 1. The monoisotopic (exact) mass is 910 g/mol. The van der Waals surface area contributed by atoms with Crippen molar-refractivity contribution in [3.8, 4) is 0 Å². The molecule has 1 unspecified atom stereocenters. The van der Waals surface area contributed by atoms with E-state index in [0.29, 0.717) is 29.9 Å². The number of allylic oxidation sites excluding steroid dienone is 1. The number of hydrogen-bond acceptors (Lipinski definition) is 12. The van der Waals surface area contributed by atoms with Crippen molar-refractivity contribution in [3.63, 3.8) is 0 Å². The van der Waals surface area contributed by atoms with Crippen LogP contribution in [0.2, 0.25) is 5.02 Å². The number of anilines is 3. The molecule has 1 aromatic heterocycles. The van der Waals surface area contributed by atoms with Gasteiger partial charge in [0.15, 0.2) is 5.82 Å². The number of nitro groups is 1. The molecule has 13 nitrogen and oxygen atoms in total. The van der Waals surface area contributed by atoms with E-state index in [9.17, 15) is 18.5 Å². The van der Waals surface area contributed by atoms with Gasteiger partial charge in [0.2, 0.25) is 0 Å². The zero-order valence-electron chi connectivity index (χ0n) is 35.8. The fourth-order valence-corrected chi connectivity index (χ4v) is 10.9. The summed E-state index contributed by atoms with van der Waals surface area (Å²) in [5.41, 5.74) is 6.03. The third kappa shape index (κ3) is 11.5. The van der Waals surface area contributed by atoms with Crippen LogP contribution in [0.1, 0.15) is 45.1 Å². The van der Waals surface area contributed by atoms with Gasteiger partial charge >= 0.3 is 0 Å². The molecule has 0 saturated carbocycles. The van der Waals surface area contributed by atoms with E-state index in [-0.39, 0.29) is 33.5 Å². The van der Waals surface area contributed by atoms with Gasteiger partial charge in [-0.05, 0) is 96.8 Å². The molecule has 0 spiro atoms. The number of nitro benzene ring substituents is 1. The first-order chi connectivity index (χ1) is 30.4. The fraction of sp³-hybridized carbons (Fsp3) is 0.404. The van der Waals surface area contributed by atoms with Crippen molar-refractivity contribution < 1.29 is 18.1 Å². The Kier molecular flexibility index (Phi) is 14.2. The van der Waals surface area contributed by atoms with Gasteiger partial charge in [0.05, 0.1) is 28.5 Å². The van der Waals surface area contributed by atoms with Crippen molar-refractivity contribution in [1.29, 1.82) is 0 Å². The quantitative estimate of drug-likeness (QED) is 0.0553. The average Bonchev–Trinajstić information content (AvgIpc) is 3.28. The number of fused-ring (bicyclic) bond motifs is 1. The zero-order chi connectivity index (χ0) is 44.0. The van der Waals surface area contributed by atoms with Crippen molar-refractivity contribution in [1.82, 2.24) is 19.8 Å². The number of benzene rings is 4. The molecule has 16 heteroatoms. The summed E-state index contributed by atoms with van der Waals surface area (Å²) in [6, 6.07) is 27.9. The number of nitrogens with zero attached hydrogens (tertiary/aromatic N) is 6. The first-order valence-corrected chi connectivity index (χ1v) is 24.5. The van der Waals surface area contributed by atoms with Crippen LogP contribution in [0.3, 0.4) is 0 Å². The second kappa shape index (κ2) is 20.0. The Hall–Kier alpha value is -4.77. The smallest absolute Gasteiger partial charge is 0.293 e. The van der Waals surface area contributed by atoms with E-state index in [4.69, 9.17) is 16.3 Å². The predicted octanol–water partition coefficient (Wildman–Crippen LogP) is 9.07. The van der Waals surface area contributed by atoms with Crippen LogP contribution in [0.25, 0.3) is 16.5 Å². The molecule has 8 rings (SSSR count). The van der Waals surface area contributed by atoms with E-state index in [1.807, 2.05) is 60.7 Å². The molecule has 2 saturated heterocycles. The predicted molar refractivity (Wildman–Crippen MR) is 255 cm³/mol. The summed E-state index contributed by atoms with van der Waals surface area (Å²) in [6.07, 6.45) is 5.38. The highest BCUT2D eigenvalue weighted by molar-refractivity contribution is 7.99. The van der Waals surface area contributed by atoms with Gasteiger partial charge in [-0.25, -0.2) is 18.4 Å².